The van der Waals surface area contributed by atoms with Gasteiger partial charge in [-0.3, -0.25) is 4.79 Å². The van der Waals surface area contributed by atoms with Crippen molar-refractivity contribution in [3.63, 3.8) is 0 Å². The van der Waals surface area contributed by atoms with E-state index in [1.165, 1.54) is 0 Å². The SMILES string of the molecule is Cc1cc(C(=O)N/N=C/c2cccc(Br)c2)c(C)o1. The van der Waals surface area contributed by atoms with E-state index in [1.807, 2.05) is 24.3 Å². The van der Waals surface area contributed by atoms with Crippen molar-refractivity contribution in [2.24, 2.45) is 5.10 Å². The van der Waals surface area contributed by atoms with Gasteiger partial charge >= 0.3 is 0 Å². The molecule has 1 N–H and O–H groups in total. The molecule has 0 unspecified atom stereocenters. The molecule has 1 aromatic carbocycles. The molecule has 1 aromatic heterocycles. The lowest BCUT2D eigenvalue weighted by Gasteiger charge is -1.97. The highest BCUT2D eigenvalue weighted by molar-refractivity contribution is 9.10. The number of nitrogens with zero attached hydrogens (tertiary/aromatic N) is 1. The van der Waals surface area contributed by atoms with Gasteiger partial charge in [-0.05, 0) is 37.6 Å². The van der Waals surface area contributed by atoms with Crippen LogP contribution < -0.4 is 5.43 Å². The van der Waals surface area contributed by atoms with Crippen molar-refractivity contribution in [2.45, 2.75) is 13.8 Å². The third-order valence-electron chi connectivity index (χ3n) is 2.51. The van der Waals surface area contributed by atoms with Gasteiger partial charge in [0.05, 0.1) is 11.8 Å². The molecule has 0 spiro atoms. The Morgan fingerprint density at radius 2 is 2.16 bits per heavy atom. The second kappa shape index (κ2) is 5.84. The molecule has 4 nitrogen and oxygen atoms in total. The Bertz CT molecular complexity index is 632. The third kappa shape index (κ3) is 3.54. The van der Waals surface area contributed by atoms with Crippen LogP contribution >= 0.6 is 15.9 Å². The molecule has 0 saturated carbocycles. The molecular formula is C14H13BrN2O2. The van der Waals surface area contributed by atoms with E-state index >= 15 is 0 Å². The van der Waals surface area contributed by atoms with E-state index in [1.54, 1.807) is 26.1 Å². The molecule has 0 aliphatic heterocycles. The van der Waals surface area contributed by atoms with Crippen molar-refractivity contribution >= 4 is 28.1 Å². The number of halogens is 1. The standard InChI is InChI=1S/C14H13BrN2O2/c1-9-6-13(10(2)19-9)14(18)17-16-8-11-4-3-5-12(15)7-11/h3-8H,1-2H3,(H,17,18)/b16-8+. The number of hydrazone groups is 1. The Kier molecular flexibility index (Phi) is 4.16. The fourth-order valence-corrected chi connectivity index (χ4v) is 2.09. The summed E-state index contributed by atoms with van der Waals surface area (Å²) in [5.41, 5.74) is 3.88. The monoisotopic (exact) mass is 320 g/mol. The number of amides is 1. The number of hydrogen-bond acceptors (Lipinski definition) is 3. The van der Waals surface area contributed by atoms with Crippen molar-refractivity contribution in [1.82, 2.24) is 5.43 Å². The number of furan rings is 1. The molecule has 19 heavy (non-hydrogen) atoms. The van der Waals surface area contributed by atoms with E-state index in [9.17, 15) is 4.79 Å². The zero-order valence-corrected chi connectivity index (χ0v) is 12.2. The maximum atomic E-state index is 11.8. The van der Waals surface area contributed by atoms with Crippen LogP contribution in [0, 0.1) is 13.8 Å². The molecule has 2 rings (SSSR count). The molecule has 0 aliphatic carbocycles. The van der Waals surface area contributed by atoms with E-state index in [0.29, 0.717) is 17.1 Å². The van der Waals surface area contributed by atoms with Crippen LogP contribution in [0.1, 0.15) is 27.4 Å². The van der Waals surface area contributed by atoms with Gasteiger partial charge in [-0.15, -0.1) is 0 Å². The highest BCUT2D eigenvalue weighted by atomic mass is 79.9. The van der Waals surface area contributed by atoms with Gasteiger partial charge in [0.1, 0.15) is 11.5 Å². The lowest BCUT2D eigenvalue weighted by Crippen LogP contribution is -2.17. The molecule has 0 bridgehead atoms. The van der Waals surface area contributed by atoms with E-state index in [-0.39, 0.29) is 5.91 Å². The van der Waals surface area contributed by atoms with Crippen LogP contribution in [0.4, 0.5) is 0 Å². The number of carbonyl (C=O) groups excluding carboxylic acids is 1. The van der Waals surface area contributed by atoms with Crippen LogP contribution in [0.15, 0.2) is 44.3 Å². The van der Waals surface area contributed by atoms with Crippen molar-refractivity contribution in [3.05, 3.63) is 57.5 Å². The lowest BCUT2D eigenvalue weighted by atomic mass is 10.2. The minimum absolute atomic E-state index is 0.277. The fourth-order valence-electron chi connectivity index (χ4n) is 1.67. The second-order valence-corrected chi connectivity index (χ2v) is 5.00. The first-order chi connectivity index (χ1) is 9.06. The summed E-state index contributed by atoms with van der Waals surface area (Å²) in [4.78, 5) is 11.8. The van der Waals surface area contributed by atoms with Crippen LogP contribution in [0.25, 0.3) is 0 Å². The van der Waals surface area contributed by atoms with Crippen LogP contribution in [0.5, 0.6) is 0 Å². The number of hydrogen-bond donors (Lipinski definition) is 1. The third-order valence-corrected chi connectivity index (χ3v) is 3.01. The largest absolute Gasteiger partial charge is 0.466 e. The van der Waals surface area contributed by atoms with E-state index in [0.717, 1.165) is 10.0 Å². The molecule has 5 heteroatoms. The summed E-state index contributed by atoms with van der Waals surface area (Å²) >= 11 is 3.37. The summed E-state index contributed by atoms with van der Waals surface area (Å²) in [5, 5.41) is 3.92. The molecular weight excluding hydrogens is 308 g/mol. The minimum atomic E-state index is -0.277. The summed E-state index contributed by atoms with van der Waals surface area (Å²) in [5.74, 6) is 1.02. The molecule has 0 radical (unpaired) electrons. The van der Waals surface area contributed by atoms with E-state index in [2.05, 4.69) is 26.5 Å². The second-order valence-electron chi connectivity index (χ2n) is 4.08. The molecule has 0 fully saturated rings. The van der Waals surface area contributed by atoms with Gasteiger partial charge in [0.2, 0.25) is 0 Å². The number of rotatable bonds is 3. The smallest absolute Gasteiger partial charge is 0.274 e. The summed E-state index contributed by atoms with van der Waals surface area (Å²) in [6, 6.07) is 9.32. The quantitative estimate of drug-likeness (QED) is 0.696. The molecule has 2 aromatic rings. The van der Waals surface area contributed by atoms with Gasteiger partial charge in [0.25, 0.3) is 5.91 Å². The number of benzene rings is 1. The maximum absolute atomic E-state index is 11.8. The molecule has 0 atom stereocenters. The van der Waals surface area contributed by atoms with Gasteiger partial charge in [0.15, 0.2) is 0 Å². The Labute approximate surface area is 119 Å². The zero-order chi connectivity index (χ0) is 13.8. The molecule has 0 aliphatic rings. The van der Waals surface area contributed by atoms with Gasteiger partial charge in [-0.2, -0.15) is 5.10 Å². The Balaban J connectivity index is 2.03. The van der Waals surface area contributed by atoms with Crippen molar-refractivity contribution in [1.29, 1.82) is 0 Å². The summed E-state index contributed by atoms with van der Waals surface area (Å²) in [7, 11) is 0. The number of nitrogens with one attached hydrogen (secondary N) is 1. The summed E-state index contributed by atoms with van der Waals surface area (Å²) in [6.45, 7) is 3.55. The molecule has 98 valence electrons. The first-order valence-electron chi connectivity index (χ1n) is 5.72. The minimum Gasteiger partial charge on any atom is -0.466 e. The Hall–Kier alpha value is -1.88. The predicted molar refractivity (Wildman–Crippen MR) is 77.4 cm³/mol. The zero-order valence-electron chi connectivity index (χ0n) is 10.6. The fraction of sp³-hybridized carbons (Fsp3) is 0.143. The molecule has 0 saturated heterocycles. The van der Waals surface area contributed by atoms with Crippen molar-refractivity contribution < 1.29 is 9.21 Å². The van der Waals surface area contributed by atoms with Gasteiger partial charge in [0, 0.05) is 4.47 Å². The normalized spacial score (nSPS) is 10.9. The van der Waals surface area contributed by atoms with Crippen LogP contribution in [-0.2, 0) is 0 Å². The highest BCUT2D eigenvalue weighted by Gasteiger charge is 2.12. The average molecular weight is 321 g/mol. The van der Waals surface area contributed by atoms with E-state index in [4.69, 9.17) is 4.42 Å². The number of aryl methyl sites for hydroxylation is 2. The summed E-state index contributed by atoms with van der Waals surface area (Å²) in [6.07, 6.45) is 1.59. The molecule has 1 amide bonds. The average Bonchev–Trinajstić information content (AvgIpc) is 2.68. The lowest BCUT2D eigenvalue weighted by molar-refractivity contribution is 0.0953. The van der Waals surface area contributed by atoms with Gasteiger partial charge < -0.3 is 4.42 Å². The van der Waals surface area contributed by atoms with Crippen LogP contribution in [-0.4, -0.2) is 12.1 Å². The van der Waals surface area contributed by atoms with Crippen LogP contribution in [0.3, 0.4) is 0 Å². The Morgan fingerprint density at radius 1 is 1.37 bits per heavy atom. The van der Waals surface area contributed by atoms with Gasteiger partial charge in [-0.1, -0.05) is 28.1 Å². The highest BCUT2D eigenvalue weighted by Crippen LogP contribution is 2.13. The van der Waals surface area contributed by atoms with Gasteiger partial charge in [-0.25, -0.2) is 5.43 Å². The topological polar surface area (TPSA) is 54.6 Å². The Morgan fingerprint density at radius 3 is 2.79 bits per heavy atom. The summed E-state index contributed by atoms with van der Waals surface area (Å²) < 4.78 is 6.26. The first-order valence-corrected chi connectivity index (χ1v) is 6.51. The van der Waals surface area contributed by atoms with Crippen LogP contribution in [0.2, 0.25) is 0 Å². The first kappa shape index (κ1) is 13.5. The maximum Gasteiger partial charge on any atom is 0.274 e. The van der Waals surface area contributed by atoms with Crippen molar-refractivity contribution in [2.75, 3.05) is 0 Å². The van der Waals surface area contributed by atoms with E-state index < -0.39 is 0 Å². The molecule has 1 heterocycles. The number of carbonyl (C=O) groups is 1. The van der Waals surface area contributed by atoms with Crippen molar-refractivity contribution in [3.8, 4) is 0 Å². The predicted octanol–water partition coefficient (Wildman–Crippen LogP) is 3.42.